The van der Waals surface area contributed by atoms with Crippen LogP contribution < -0.4 is 5.32 Å². The molecule has 0 aliphatic heterocycles. The van der Waals surface area contributed by atoms with E-state index in [1.807, 2.05) is 29.3 Å². The zero-order chi connectivity index (χ0) is 14.9. The van der Waals surface area contributed by atoms with Gasteiger partial charge in [0.1, 0.15) is 0 Å². The molecule has 4 rings (SSSR count). The number of nitrogens with one attached hydrogen (secondary N) is 1. The van der Waals surface area contributed by atoms with Gasteiger partial charge in [-0.25, -0.2) is 4.98 Å². The Morgan fingerprint density at radius 1 is 1.36 bits per heavy atom. The van der Waals surface area contributed by atoms with Crippen molar-refractivity contribution in [2.45, 2.75) is 31.7 Å². The Bertz CT molecular complexity index is 787. The molecule has 0 saturated heterocycles. The van der Waals surface area contributed by atoms with Gasteiger partial charge in [-0.15, -0.1) is 11.3 Å². The number of hydrogen-bond donors (Lipinski definition) is 1. The number of imidazole rings is 1. The van der Waals surface area contributed by atoms with Gasteiger partial charge in [0.25, 0.3) is 0 Å². The first-order valence-electron chi connectivity index (χ1n) is 8.02. The van der Waals surface area contributed by atoms with Crippen LogP contribution in [-0.4, -0.2) is 16.1 Å². The molecular formula is C18H21N3S. The molecule has 0 radical (unpaired) electrons. The maximum absolute atomic E-state index is 4.40. The third kappa shape index (κ3) is 2.57. The Balaban J connectivity index is 1.50. The average Bonchev–Trinajstić information content (AvgIpc) is 3.11. The first-order valence-corrected chi connectivity index (χ1v) is 8.83. The van der Waals surface area contributed by atoms with Crippen LogP contribution in [0.3, 0.4) is 0 Å². The summed E-state index contributed by atoms with van der Waals surface area (Å²) >= 11 is 1.98. The predicted octanol–water partition coefficient (Wildman–Crippen LogP) is 3.84. The molecule has 0 spiro atoms. The van der Waals surface area contributed by atoms with E-state index < -0.39 is 0 Å². The molecule has 0 fully saturated rings. The second-order valence-corrected chi connectivity index (χ2v) is 7.20. The second-order valence-electron chi connectivity index (χ2n) is 6.12. The number of benzene rings is 1. The van der Waals surface area contributed by atoms with Gasteiger partial charge in [0.15, 0.2) is 0 Å². The summed E-state index contributed by atoms with van der Waals surface area (Å²) in [6, 6.07) is 9.36. The molecule has 4 heteroatoms. The summed E-state index contributed by atoms with van der Waals surface area (Å²) in [6.45, 7) is 0.995. The van der Waals surface area contributed by atoms with Gasteiger partial charge >= 0.3 is 0 Å². The Morgan fingerprint density at radius 3 is 3.14 bits per heavy atom. The maximum atomic E-state index is 4.40. The van der Waals surface area contributed by atoms with Crippen molar-refractivity contribution in [3.63, 3.8) is 0 Å². The Morgan fingerprint density at radius 2 is 2.27 bits per heavy atom. The first kappa shape index (κ1) is 14.0. The molecule has 1 aliphatic carbocycles. The summed E-state index contributed by atoms with van der Waals surface area (Å²) in [5, 5.41) is 5.23. The van der Waals surface area contributed by atoms with Crippen molar-refractivity contribution in [1.82, 2.24) is 14.9 Å². The van der Waals surface area contributed by atoms with E-state index in [9.17, 15) is 0 Å². The van der Waals surface area contributed by atoms with Crippen molar-refractivity contribution in [1.29, 1.82) is 0 Å². The van der Waals surface area contributed by atoms with E-state index >= 15 is 0 Å². The SMILES string of the molecule is Cn1cnc(CCNC2CCCc3c2sc2ccccc32)c1. The van der Waals surface area contributed by atoms with Crippen LogP contribution in [0.2, 0.25) is 0 Å². The van der Waals surface area contributed by atoms with Crippen molar-refractivity contribution >= 4 is 21.4 Å². The van der Waals surface area contributed by atoms with Crippen LogP contribution in [-0.2, 0) is 19.9 Å². The van der Waals surface area contributed by atoms with E-state index in [1.54, 1.807) is 10.4 Å². The van der Waals surface area contributed by atoms with Crippen LogP contribution in [0.4, 0.5) is 0 Å². The summed E-state index contributed by atoms with van der Waals surface area (Å²) in [4.78, 5) is 5.97. The van der Waals surface area contributed by atoms with Crippen molar-refractivity contribution in [3.8, 4) is 0 Å². The molecule has 1 aliphatic rings. The highest BCUT2D eigenvalue weighted by molar-refractivity contribution is 7.19. The minimum atomic E-state index is 0.518. The van der Waals surface area contributed by atoms with Crippen LogP contribution in [0.5, 0.6) is 0 Å². The number of aryl methyl sites for hydroxylation is 2. The molecule has 0 amide bonds. The number of thiophene rings is 1. The normalized spacial score (nSPS) is 17.8. The lowest BCUT2D eigenvalue weighted by Gasteiger charge is -2.23. The van der Waals surface area contributed by atoms with Gasteiger partial charge < -0.3 is 9.88 Å². The highest BCUT2D eigenvalue weighted by Gasteiger charge is 2.23. The van der Waals surface area contributed by atoms with Gasteiger partial charge in [-0.1, -0.05) is 18.2 Å². The van der Waals surface area contributed by atoms with Crippen LogP contribution in [0.1, 0.15) is 35.0 Å². The van der Waals surface area contributed by atoms with Gasteiger partial charge in [-0.2, -0.15) is 0 Å². The molecule has 1 atom stereocenters. The minimum Gasteiger partial charge on any atom is -0.340 e. The lowest BCUT2D eigenvalue weighted by Crippen LogP contribution is -2.26. The molecule has 3 nitrogen and oxygen atoms in total. The fraction of sp³-hybridized carbons (Fsp3) is 0.389. The summed E-state index contributed by atoms with van der Waals surface area (Å²) in [6.07, 6.45) is 8.75. The van der Waals surface area contributed by atoms with Gasteiger partial charge in [0, 0.05) is 41.8 Å². The van der Waals surface area contributed by atoms with Gasteiger partial charge in [-0.3, -0.25) is 0 Å². The van der Waals surface area contributed by atoms with Crippen molar-refractivity contribution < 1.29 is 0 Å². The highest BCUT2D eigenvalue weighted by atomic mass is 32.1. The smallest absolute Gasteiger partial charge is 0.0946 e. The van der Waals surface area contributed by atoms with Gasteiger partial charge in [0.05, 0.1) is 12.0 Å². The van der Waals surface area contributed by atoms with E-state index in [4.69, 9.17) is 0 Å². The molecule has 2 heterocycles. The van der Waals surface area contributed by atoms with Crippen LogP contribution in [0.25, 0.3) is 10.1 Å². The average molecular weight is 311 g/mol. The fourth-order valence-electron chi connectivity index (χ4n) is 3.44. The number of rotatable bonds is 4. The number of hydrogen-bond acceptors (Lipinski definition) is 3. The molecule has 114 valence electrons. The number of fused-ring (bicyclic) bond motifs is 3. The predicted molar refractivity (Wildman–Crippen MR) is 92.4 cm³/mol. The molecule has 1 unspecified atom stereocenters. The summed E-state index contributed by atoms with van der Waals surface area (Å²) in [5.41, 5.74) is 2.75. The van der Waals surface area contributed by atoms with E-state index in [1.165, 1.54) is 35.0 Å². The Hall–Kier alpha value is -1.65. The molecule has 22 heavy (non-hydrogen) atoms. The van der Waals surface area contributed by atoms with Crippen molar-refractivity contribution in [2.24, 2.45) is 7.05 Å². The van der Waals surface area contributed by atoms with E-state index in [-0.39, 0.29) is 0 Å². The summed E-state index contributed by atoms with van der Waals surface area (Å²) in [5.74, 6) is 0. The Kier molecular flexibility index (Phi) is 3.72. The zero-order valence-electron chi connectivity index (χ0n) is 12.9. The van der Waals surface area contributed by atoms with Crippen molar-refractivity contribution in [2.75, 3.05) is 6.54 Å². The Labute approximate surface area is 135 Å². The molecule has 0 bridgehead atoms. The third-order valence-electron chi connectivity index (χ3n) is 4.50. The van der Waals surface area contributed by atoms with Gasteiger partial charge in [0.2, 0.25) is 0 Å². The van der Waals surface area contributed by atoms with Crippen molar-refractivity contribution in [3.05, 3.63) is 52.9 Å². The molecule has 3 aromatic rings. The van der Waals surface area contributed by atoms with E-state index in [2.05, 4.69) is 40.8 Å². The third-order valence-corrected chi connectivity index (χ3v) is 5.82. The maximum Gasteiger partial charge on any atom is 0.0946 e. The second kappa shape index (κ2) is 5.86. The lowest BCUT2D eigenvalue weighted by molar-refractivity contribution is 0.471. The van der Waals surface area contributed by atoms with Crippen LogP contribution in [0.15, 0.2) is 36.8 Å². The number of nitrogens with zero attached hydrogens (tertiary/aromatic N) is 2. The van der Waals surface area contributed by atoms with Crippen LogP contribution in [0, 0.1) is 0 Å². The van der Waals surface area contributed by atoms with Gasteiger partial charge in [-0.05, 0) is 36.3 Å². The highest BCUT2D eigenvalue weighted by Crippen LogP contribution is 2.40. The summed E-state index contributed by atoms with van der Waals surface area (Å²) < 4.78 is 3.45. The first-order chi connectivity index (χ1) is 10.8. The topological polar surface area (TPSA) is 29.9 Å². The monoisotopic (exact) mass is 311 g/mol. The molecule has 0 saturated carbocycles. The molecule has 1 aromatic carbocycles. The lowest BCUT2D eigenvalue weighted by atomic mass is 9.92. The van der Waals surface area contributed by atoms with Crippen LogP contribution >= 0.6 is 11.3 Å². The standard InChI is InChI=1S/C18H21N3S/c1-21-11-13(20-12-21)9-10-19-16-7-4-6-15-14-5-2-3-8-17(14)22-18(15)16/h2-3,5,8,11-12,16,19H,4,6-7,9-10H2,1H3. The van der Waals surface area contributed by atoms with E-state index in [0.717, 1.165) is 13.0 Å². The minimum absolute atomic E-state index is 0.518. The molecular weight excluding hydrogens is 290 g/mol. The fourth-order valence-corrected chi connectivity index (χ4v) is 4.80. The number of aromatic nitrogens is 2. The zero-order valence-corrected chi connectivity index (χ0v) is 13.7. The largest absolute Gasteiger partial charge is 0.340 e. The quantitative estimate of drug-likeness (QED) is 0.793. The molecule has 2 aromatic heterocycles. The molecule has 1 N–H and O–H groups in total. The van der Waals surface area contributed by atoms with E-state index in [0.29, 0.717) is 6.04 Å². The summed E-state index contributed by atoms with van der Waals surface area (Å²) in [7, 11) is 2.02.